The number of hydrogen-bond acceptors (Lipinski definition) is 4. The molecule has 1 aliphatic carbocycles. The topological polar surface area (TPSA) is 71.1 Å². The van der Waals surface area contributed by atoms with E-state index in [2.05, 4.69) is 15.6 Å². The number of rotatable bonds is 3. The number of fused-ring (bicyclic) bond motifs is 1. The first kappa shape index (κ1) is 13.5. The van der Waals surface area contributed by atoms with Gasteiger partial charge in [0.1, 0.15) is 0 Å². The van der Waals surface area contributed by atoms with E-state index in [9.17, 15) is 9.59 Å². The molecule has 2 aromatic rings. The van der Waals surface area contributed by atoms with Gasteiger partial charge in [-0.1, -0.05) is 18.2 Å². The second-order valence-corrected chi connectivity index (χ2v) is 6.59. The van der Waals surface area contributed by atoms with Crippen LogP contribution >= 0.6 is 11.3 Å². The Bertz CT molecular complexity index is 751. The maximum absolute atomic E-state index is 12.5. The molecule has 6 heteroatoms. The molecule has 112 valence electrons. The molecule has 0 saturated heterocycles. The summed E-state index contributed by atoms with van der Waals surface area (Å²) in [6, 6.07) is 7.44. The molecule has 1 aliphatic heterocycles. The van der Waals surface area contributed by atoms with Gasteiger partial charge in [0.15, 0.2) is 5.13 Å². The Morgan fingerprint density at radius 2 is 2.14 bits per heavy atom. The van der Waals surface area contributed by atoms with E-state index in [1.54, 1.807) is 0 Å². The number of aromatic nitrogens is 1. The van der Waals surface area contributed by atoms with E-state index in [4.69, 9.17) is 0 Å². The lowest BCUT2D eigenvalue weighted by molar-refractivity contribution is -0.123. The minimum Gasteiger partial charge on any atom is -0.326 e. The molecule has 2 N–H and O–H groups in total. The first-order valence-electron chi connectivity index (χ1n) is 7.36. The van der Waals surface area contributed by atoms with E-state index in [0.717, 1.165) is 16.9 Å². The number of nitrogens with zero attached hydrogens (tertiary/aromatic N) is 1. The van der Waals surface area contributed by atoms with Gasteiger partial charge >= 0.3 is 0 Å². The number of nitrogens with one attached hydrogen (secondary N) is 2. The summed E-state index contributed by atoms with van der Waals surface area (Å²) >= 11 is 1.45. The Kier molecular flexibility index (Phi) is 3.18. The van der Waals surface area contributed by atoms with Crippen molar-refractivity contribution >= 4 is 34.0 Å². The number of para-hydroxylation sites is 1. The molecule has 2 amide bonds. The third kappa shape index (κ3) is 2.50. The molecule has 0 spiro atoms. The fourth-order valence-electron chi connectivity index (χ4n) is 2.75. The smallest absolute Gasteiger partial charge is 0.234 e. The SMILES string of the molecule is O=C1CC(C(=O)Nc2nc(C3CC3)cs2)c2ccccc2N1. The van der Waals surface area contributed by atoms with Crippen molar-refractivity contribution in [2.45, 2.75) is 31.1 Å². The lowest BCUT2D eigenvalue weighted by Crippen LogP contribution is -2.30. The van der Waals surface area contributed by atoms with Crippen molar-refractivity contribution in [3.63, 3.8) is 0 Å². The van der Waals surface area contributed by atoms with Crippen molar-refractivity contribution in [1.29, 1.82) is 0 Å². The molecule has 22 heavy (non-hydrogen) atoms. The van der Waals surface area contributed by atoms with Crippen molar-refractivity contribution in [2.75, 3.05) is 10.6 Å². The fourth-order valence-corrected chi connectivity index (χ4v) is 3.54. The molecule has 4 rings (SSSR count). The van der Waals surface area contributed by atoms with Crippen LogP contribution in [0.1, 0.15) is 42.4 Å². The van der Waals surface area contributed by atoms with Crippen LogP contribution in [0.5, 0.6) is 0 Å². The van der Waals surface area contributed by atoms with Crippen molar-refractivity contribution in [1.82, 2.24) is 4.98 Å². The van der Waals surface area contributed by atoms with Crippen molar-refractivity contribution in [3.05, 3.63) is 40.9 Å². The Morgan fingerprint density at radius 3 is 2.95 bits per heavy atom. The van der Waals surface area contributed by atoms with E-state index in [-0.39, 0.29) is 18.2 Å². The molecule has 1 atom stereocenters. The number of amides is 2. The summed E-state index contributed by atoms with van der Waals surface area (Å²) in [5.74, 6) is -0.183. The van der Waals surface area contributed by atoms with Crippen LogP contribution in [0.2, 0.25) is 0 Å². The first-order valence-corrected chi connectivity index (χ1v) is 8.24. The van der Waals surface area contributed by atoms with Gasteiger partial charge in [0.25, 0.3) is 0 Å². The molecular weight excluding hydrogens is 298 g/mol. The average molecular weight is 313 g/mol. The number of anilines is 2. The van der Waals surface area contributed by atoms with Crippen LogP contribution in [0.3, 0.4) is 0 Å². The van der Waals surface area contributed by atoms with Gasteiger partial charge in [-0.15, -0.1) is 11.3 Å². The molecule has 1 saturated carbocycles. The van der Waals surface area contributed by atoms with Gasteiger partial charge in [0.2, 0.25) is 11.8 Å². The van der Waals surface area contributed by atoms with E-state index < -0.39 is 5.92 Å². The first-order chi connectivity index (χ1) is 10.7. The zero-order valence-electron chi connectivity index (χ0n) is 11.8. The molecule has 1 aromatic carbocycles. The standard InChI is InChI=1S/C16H15N3O2S/c20-14-7-11(10-3-1-2-4-12(10)17-14)15(21)19-16-18-13(8-22-16)9-5-6-9/h1-4,8-9,11H,5-7H2,(H,17,20)(H,18,19,21). The van der Waals surface area contributed by atoms with Gasteiger partial charge in [-0.05, 0) is 24.5 Å². The van der Waals surface area contributed by atoms with Crippen LogP contribution in [0.4, 0.5) is 10.8 Å². The maximum atomic E-state index is 12.5. The number of benzene rings is 1. The average Bonchev–Trinajstić information content (AvgIpc) is 3.26. The third-order valence-electron chi connectivity index (χ3n) is 4.06. The Hall–Kier alpha value is -2.21. The summed E-state index contributed by atoms with van der Waals surface area (Å²) in [4.78, 5) is 28.8. The Balaban J connectivity index is 1.55. The largest absolute Gasteiger partial charge is 0.326 e. The van der Waals surface area contributed by atoms with E-state index in [1.165, 1.54) is 24.2 Å². The molecule has 1 aromatic heterocycles. The third-order valence-corrected chi connectivity index (χ3v) is 4.84. The van der Waals surface area contributed by atoms with Crippen LogP contribution in [-0.4, -0.2) is 16.8 Å². The highest BCUT2D eigenvalue weighted by atomic mass is 32.1. The maximum Gasteiger partial charge on any atom is 0.234 e. The Morgan fingerprint density at radius 1 is 1.32 bits per heavy atom. The number of hydrogen-bond donors (Lipinski definition) is 2. The molecule has 1 unspecified atom stereocenters. The van der Waals surface area contributed by atoms with Crippen LogP contribution in [0.25, 0.3) is 0 Å². The van der Waals surface area contributed by atoms with Gasteiger partial charge in [-0.3, -0.25) is 9.59 Å². The second kappa shape index (κ2) is 5.21. The molecular formula is C16H15N3O2S. The molecule has 2 heterocycles. The zero-order valence-corrected chi connectivity index (χ0v) is 12.7. The lowest BCUT2D eigenvalue weighted by Gasteiger charge is -2.24. The van der Waals surface area contributed by atoms with Crippen LogP contribution in [-0.2, 0) is 9.59 Å². The number of carbonyl (C=O) groups is 2. The summed E-state index contributed by atoms with van der Waals surface area (Å²) in [6.45, 7) is 0. The van der Waals surface area contributed by atoms with Crippen molar-refractivity contribution < 1.29 is 9.59 Å². The zero-order chi connectivity index (χ0) is 15.1. The highest BCUT2D eigenvalue weighted by Gasteiger charge is 2.31. The molecule has 1 fully saturated rings. The lowest BCUT2D eigenvalue weighted by atomic mass is 9.90. The van der Waals surface area contributed by atoms with E-state index in [0.29, 0.717) is 11.0 Å². The van der Waals surface area contributed by atoms with E-state index in [1.807, 2.05) is 29.6 Å². The van der Waals surface area contributed by atoms with Gasteiger partial charge in [-0.25, -0.2) is 4.98 Å². The summed E-state index contributed by atoms with van der Waals surface area (Å²) < 4.78 is 0. The number of thiazole rings is 1. The summed E-state index contributed by atoms with van der Waals surface area (Å²) in [5.41, 5.74) is 2.65. The van der Waals surface area contributed by atoms with Crippen molar-refractivity contribution in [2.24, 2.45) is 0 Å². The predicted molar refractivity (Wildman–Crippen MR) is 85.1 cm³/mol. The summed E-state index contributed by atoms with van der Waals surface area (Å²) in [6.07, 6.45) is 2.55. The minimum absolute atomic E-state index is 0.128. The van der Waals surface area contributed by atoms with Crippen LogP contribution in [0, 0.1) is 0 Å². The summed E-state index contributed by atoms with van der Waals surface area (Å²) in [7, 11) is 0. The molecule has 0 radical (unpaired) electrons. The second-order valence-electron chi connectivity index (χ2n) is 5.73. The van der Waals surface area contributed by atoms with E-state index >= 15 is 0 Å². The van der Waals surface area contributed by atoms with Crippen LogP contribution < -0.4 is 10.6 Å². The normalized spacial score (nSPS) is 20.2. The van der Waals surface area contributed by atoms with Gasteiger partial charge in [0.05, 0.1) is 11.6 Å². The fraction of sp³-hybridized carbons (Fsp3) is 0.312. The van der Waals surface area contributed by atoms with Gasteiger partial charge in [-0.2, -0.15) is 0 Å². The van der Waals surface area contributed by atoms with Crippen molar-refractivity contribution in [3.8, 4) is 0 Å². The quantitative estimate of drug-likeness (QED) is 0.914. The number of carbonyl (C=O) groups excluding carboxylic acids is 2. The molecule has 2 aliphatic rings. The summed E-state index contributed by atoms with van der Waals surface area (Å²) in [5, 5.41) is 8.30. The monoisotopic (exact) mass is 313 g/mol. The molecule has 5 nitrogen and oxygen atoms in total. The highest BCUT2D eigenvalue weighted by molar-refractivity contribution is 7.13. The predicted octanol–water partition coefficient (Wildman–Crippen LogP) is 3.09. The Labute approximate surface area is 131 Å². The van der Waals surface area contributed by atoms with Crippen LogP contribution in [0.15, 0.2) is 29.6 Å². The van der Waals surface area contributed by atoms with Gasteiger partial charge < -0.3 is 10.6 Å². The van der Waals surface area contributed by atoms with Gasteiger partial charge in [0, 0.05) is 23.4 Å². The molecule has 0 bridgehead atoms. The highest BCUT2D eigenvalue weighted by Crippen LogP contribution is 2.41. The minimum atomic E-state index is -0.460.